The van der Waals surface area contributed by atoms with Crippen molar-refractivity contribution in [2.45, 2.75) is 11.3 Å². The lowest BCUT2D eigenvalue weighted by Gasteiger charge is -2.16. The van der Waals surface area contributed by atoms with Gasteiger partial charge in [0.05, 0.1) is 10.0 Å². The van der Waals surface area contributed by atoms with Crippen molar-refractivity contribution in [3.05, 3.63) is 28.2 Å². The van der Waals surface area contributed by atoms with Crippen LogP contribution >= 0.6 is 47.2 Å². The Morgan fingerprint density at radius 3 is 2.73 bits per heavy atom. The van der Waals surface area contributed by atoms with Crippen molar-refractivity contribution in [2.24, 2.45) is 4.99 Å². The van der Waals surface area contributed by atoms with Gasteiger partial charge >= 0.3 is 0 Å². The van der Waals surface area contributed by atoms with Gasteiger partial charge in [-0.05, 0) is 18.6 Å². The van der Waals surface area contributed by atoms with Gasteiger partial charge in [0.15, 0.2) is 5.96 Å². The van der Waals surface area contributed by atoms with Crippen LogP contribution in [0.2, 0.25) is 10.0 Å². The topological polar surface area (TPSA) is 82.6 Å². The summed E-state index contributed by atoms with van der Waals surface area (Å²) in [6.07, 6.45) is 1.01. The fourth-order valence-corrected chi connectivity index (χ4v) is 3.58. The molecule has 10 heteroatoms. The summed E-state index contributed by atoms with van der Waals surface area (Å²) in [5.74, 6) is 0.696. The third-order valence-corrected chi connectivity index (χ3v) is 5.25. The average molecular weight is 479 g/mol. The van der Waals surface area contributed by atoms with E-state index in [1.54, 1.807) is 6.07 Å². The SMILES string of the molecule is I.O=S(=O)(NCCNC1=NCCCN1)c1cccc(Cl)c1Cl. The summed E-state index contributed by atoms with van der Waals surface area (Å²) < 4.78 is 26.7. The standard InChI is InChI=1S/C12H16Cl2N4O2S.HI/c13-9-3-1-4-10(11(9)14)21(19,20)18-8-7-17-12-15-5-2-6-16-12;/h1,3-4,18H,2,5-8H2,(H2,15,16,17);1H. The van der Waals surface area contributed by atoms with Crippen molar-refractivity contribution in [2.75, 3.05) is 26.2 Å². The maximum Gasteiger partial charge on any atom is 0.242 e. The van der Waals surface area contributed by atoms with Gasteiger partial charge in [-0.15, -0.1) is 24.0 Å². The van der Waals surface area contributed by atoms with Crippen LogP contribution in [0.25, 0.3) is 0 Å². The second kappa shape index (κ2) is 9.11. The number of hydrogen-bond donors (Lipinski definition) is 3. The zero-order valence-electron chi connectivity index (χ0n) is 11.6. The Balaban J connectivity index is 0.00000242. The molecule has 0 spiro atoms. The van der Waals surface area contributed by atoms with Crippen LogP contribution in [-0.4, -0.2) is 40.6 Å². The third-order valence-electron chi connectivity index (χ3n) is 2.81. The van der Waals surface area contributed by atoms with E-state index in [9.17, 15) is 8.42 Å². The molecule has 0 saturated heterocycles. The van der Waals surface area contributed by atoms with E-state index in [1.807, 2.05) is 0 Å². The van der Waals surface area contributed by atoms with Gasteiger partial charge in [-0.3, -0.25) is 4.99 Å². The van der Waals surface area contributed by atoms with Crippen LogP contribution in [0.5, 0.6) is 0 Å². The Kier molecular flexibility index (Phi) is 8.19. The van der Waals surface area contributed by atoms with Crippen LogP contribution in [0, 0.1) is 0 Å². The van der Waals surface area contributed by atoms with Crippen LogP contribution in [0.1, 0.15) is 6.42 Å². The number of aliphatic imine (C=N–C) groups is 1. The van der Waals surface area contributed by atoms with Crippen LogP contribution < -0.4 is 15.4 Å². The van der Waals surface area contributed by atoms with Gasteiger partial charge in [0.1, 0.15) is 4.90 Å². The van der Waals surface area contributed by atoms with Crippen LogP contribution in [-0.2, 0) is 10.0 Å². The molecule has 2 rings (SSSR count). The lowest BCUT2D eigenvalue weighted by molar-refractivity contribution is 0.580. The molecular weight excluding hydrogens is 462 g/mol. The van der Waals surface area contributed by atoms with E-state index in [1.165, 1.54) is 12.1 Å². The number of nitrogens with zero attached hydrogens (tertiary/aromatic N) is 1. The van der Waals surface area contributed by atoms with Crippen LogP contribution in [0.4, 0.5) is 0 Å². The summed E-state index contributed by atoms with van der Waals surface area (Å²) in [7, 11) is -3.68. The predicted molar refractivity (Wildman–Crippen MR) is 100.0 cm³/mol. The van der Waals surface area contributed by atoms with Gasteiger partial charge in [0.25, 0.3) is 0 Å². The van der Waals surface area contributed by atoms with Gasteiger partial charge in [0.2, 0.25) is 10.0 Å². The molecule has 22 heavy (non-hydrogen) atoms. The Labute approximate surface area is 157 Å². The van der Waals surface area contributed by atoms with Crippen molar-refractivity contribution >= 4 is 63.2 Å². The van der Waals surface area contributed by atoms with E-state index in [2.05, 4.69) is 20.3 Å². The highest BCUT2D eigenvalue weighted by Gasteiger charge is 2.18. The molecule has 1 heterocycles. The zero-order valence-corrected chi connectivity index (χ0v) is 16.3. The number of guanidine groups is 1. The Morgan fingerprint density at radius 2 is 2.05 bits per heavy atom. The first-order chi connectivity index (χ1) is 10.0. The Hall–Kier alpha value is -0.290. The van der Waals surface area contributed by atoms with Gasteiger partial charge < -0.3 is 10.6 Å². The molecule has 1 aromatic carbocycles. The molecule has 124 valence electrons. The lowest BCUT2D eigenvalue weighted by atomic mass is 10.4. The third kappa shape index (κ3) is 5.41. The monoisotopic (exact) mass is 478 g/mol. The fourth-order valence-electron chi connectivity index (χ4n) is 1.79. The molecule has 6 nitrogen and oxygen atoms in total. The largest absolute Gasteiger partial charge is 0.356 e. The number of rotatable bonds is 5. The highest BCUT2D eigenvalue weighted by molar-refractivity contribution is 14.0. The molecular formula is C12H17Cl2IN4O2S. The molecule has 0 aliphatic carbocycles. The minimum atomic E-state index is -3.68. The minimum Gasteiger partial charge on any atom is -0.356 e. The molecule has 1 aliphatic heterocycles. The van der Waals surface area contributed by atoms with Gasteiger partial charge in [-0.2, -0.15) is 0 Å². The first-order valence-corrected chi connectivity index (χ1v) is 8.70. The van der Waals surface area contributed by atoms with E-state index >= 15 is 0 Å². The highest BCUT2D eigenvalue weighted by Crippen LogP contribution is 2.28. The highest BCUT2D eigenvalue weighted by atomic mass is 127. The molecule has 0 amide bonds. The lowest BCUT2D eigenvalue weighted by Crippen LogP contribution is -2.43. The van der Waals surface area contributed by atoms with E-state index in [-0.39, 0.29) is 45.5 Å². The summed E-state index contributed by atoms with van der Waals surface area (Å²) in [5, 5.41) is 6.35. The normalized spacial score (nSPS) is 14.5. The summed E-state index contributed by atoms with van der Waals surface area (Å²) in [6.45, 7) is 2.28. The number of nitrogens with one attached hydrogen (secondary N) is 3. The van der Waals surface area contributed by atoms with Gasteiger partial charge in [-0.1, -0.05) is 29.3 Å². The summed E-state index contributed by atoms with van der Waals surface area (Å²) in [6, 6.07) is 4.50. The van der Waals surface area contributed by atoms with E-state index in [0.29, 0.717) is 12.5 Å². The van der Waals surface area contributed by atoms with E-state index < -0.39 is 10.0 Å². The molecule has 0 fully saturated rings. The smallest absolute Gasteiger partial charge is 0.242 e. The molecule has 3 N–H and O–H groups in total. The molecule has 0 saturated carbocycles. The predicted octanol–water partition coefficient (Wildman–Crippen LogP) is 1.83. The first-order valence-electron chi connectivity index (χ1n) is 6.46. The van der Waals surface area contributed by atoms with Gasteiger partial charge in [-0.25, -0.2) is 13.1 Å². The van der Waals surface area contributed by atoms with Crippen LogP contribution in [0.15, 0.2) is 28.1 Å². The quantitative estimate of drug-likeness (QED) is 0.445. The molecule has 0 unspecified atom stereocenters. The number of hydrogen-bond acceptors (Lipinski definition) is 5. The minimum absolute atomic E-state index is 0. The second-order valence-corrected chi connectivity index (χ2v) is 6.91. The fraction of sp³-hybridized carbons (Fsp3) is 0.417. The molecule has 0 bridgehead atoms. The Bertz CT molecular complexity index is 640. The molecule has 0 aromatic heterocycles. The first kappa shape index (κ1) is 19.8. The number of benzene rings is 1. The van der Waals surface area contributed by atoms with Crippen molar-refractivity contribution in [3.8, 4) is 0 Å². The maximum atomic E-state index is 12.1. The number of halogens is 3. The van der Waals surface area contributed by atoms with E-state index in [4.69, 9.17) is 23.2 Å². The van der Waals surface area contributed by atoms with Crippen molar-refractivity contribution in [1.29, 1.82) is 0 Å². The summed E-state index contributed by atoms with van der Waals surface area (Å²) >= 11 is 11.7. The molecule has 1 aliphatic rings. The second-order valence-electron chi connectivity index (χ2n) is 4.39. The molecule has 1 aromatic rings. The number of sulfonamides is 1. The summed E-state index contributed by atoms with van der Waals surface area (Å²) in [5.41, 5.74) is 0. The summed E-state index contributed by atoms with van der Waals surface area (Å²) in [4.78, 5) is 4.20. The van der Waals surface area contributed by atoms with Gasteiger partial charge in [0, 0.05) is 26.2 Å². The van der Waals surface area contributed by atoms with Crippen molar-refractivity contribution in [3.63, 3.8) is 0 Å². The molecule has 0 radical (unpaired) electrons. The van der Waals surface area contributed by atoms with Crippen molar-refractivity contribution in [1.82, 2.24) is 15.4 Å². The Morgan fingerprint density at radius 1 is 1.27 bits per heavy atom. The zero-order chi connectivity index (χ0) is 15.3. The van der Waals surface area contributed by atoms with Crippen molar-refractivity contribution < 1.29 is 8.42 Å². The van der Waals surface area contributed by atoms with Crippen LogP contribution in [0.3, 0.4) is 0 Å². The molecule has 0 atom stereocenters. The maximum absolute atomic E-state index is 12.1. The van der Waals surface area contributed by atoms with E-state index in [0.717, 1.165) is 19.5 Å². The average Bonchev–Trinajstić information content (AvgIpc) is 2.47.